The van der Waals surface area contributed by atoms with Crippen molar-refractivity contribution in [2.75, 3.05) is 37.6 Å². The summed E-state index contributed by atoms with van der Waals surface area (Å²) < 4.78 is 0. The number of amidine groups is 1. The van der Waals surface area contributed by atoms with Gasteiger partial charge < -0.3 is 20.6 Å². The van der Waals surface area contributed by atoms with Crippen molar-refractivity contribution in [1.82, 2.24) is 9.80 Å². The van der Waals surface area contributed by atoms with E-state index in [-0.39, 0.29) is 18.4 Å². The molecule has 0 aromatic heterocycles. The SMILES string of the molecule is N=C(N)c1ccc(N2CCN(C3CCN(CC(=O)O)CC3)C(=O)C2=O)cc1. The maximum absolute atomic E-state index is 12.6. The number of piperidine rings is 1. The first kappa shape index (κ1) is 18.8. The third-order valence-corrected chi connectivity index (χ3v) is 5.10. The van der Waals surface area contributed by atoms with Crippen LogP contribution in [0.4, 0.5) is 5.69 Å². The van der Waals surface area contributed by atoms with Crippen molar-refractivity contribution in [3.05, 3.63) is 29.8 Å². The van der Waals surface area contributed by atoms with Crippen molar-refractivity contribution in [1.29, 1.82) is 5.41 Å². The second-order valence-electron chi connectivity index (χ2n) is 6.82. The van der Waals surface area contributed by atoms with Crippen molar-refractivity contribution in [2.45, 2.75) is 18.9 Å². The molecule has 2 fully saturated rings. The normalized spacial score (nSPS) is 19.4. The lowest BCUT2D eigenvalue weighted by molar-refractivity contribution is -0.149. The largest absolute Gasteiger partial charge is 0.480 e. The van der Waals surface area contributed by atoms with Gasteiger partial charge in [-0.2, -0.15) is 0 Å². The van der Waals surface area contributed by atoms with Crippen molar-refractivity contribution in [3.8, 4) is 0 Å². The molecule has 1 aromatic rings. The number of hydrogen-bond acceptors (Lipinski definition) is 5. The van der Waals surface area contributed by atoms with Gasteiger partial charge in [-0.05, 0) is 37.1 Å². The summed E-state index contributed by atoms with van der Waals surface area (Å²) in [4.78, 5) is 40.9. The van der Waals surface area contributed by atoms with Crippen molar-refractivity contribution >= 4 is 29.3 Å². The summed E-state index contributed by atoms with van der Waals surface area (Å²) in [6.07, 6.45) is 1.33. The van der Waals surface area contributed by atoms with Crippen molar-refractivity contribution in [2.24, 2.45) is 5.73 Å². The summed E-state index contributed by atoms with van der Waals surface area (Å²) in [7, 11) is 0. The molecule has 2 aliphatic heterocycles. The maximum Gasteiger partial charge on any atom is 0.317 e. The molecule has 0 saturated carbocycles. The predicted molar refractivity (Wildman–Crippen MR) is 98.6 cm³/mol. The minimum absolute atomic E-state index is 0.00360. The summed E-state index contributed by atoms with van der Waals surface area (Å²) in [6, 6.07) is 6.64. The van der Waals surface area contributed by atoms with Gasteiger partial charge in [0.05, 0.1) is 6.54 Å². The third-order valence-electron chi connectivity index (χ3n) is 5.10. The second-order valence-corrected chi connectivity index (χ2v) is 6.82. The number of nitrogen functional groups attached to an aromatic ring is 1. The predicted octanol–water partition coefficient (Wildman–Crippen LogP) is -0.305. The quantitative estimate of drug-likeness (QED) is 0.369. The van der Waals surface area contributed by atoms with E-state index in [9.17, 15) is 14.4 Å². The van der Waals surface area contributed by atoms with Gasteiger partial charge in [0, 0.05) is 43.5 Å². The Labute approximate surface area is 156 Å². The third kappa shape index (κ3) is 4.08. The average molecular weight is 373 g/mol. The summed E-state index contributed by atoms with van der Waals surface area (Å²) in [5.74, 6) is -1.99. The molecule has 2 amide bonds. The molecule has 0 bridgehead atoms. The highest BCUT2D eigenvalue weighted by atomic mass is 16.4. The molecule has 0 radical (unpaired) electrons. The summed E-state index contributed by atoms with van der Waals surface area (Å²) in [5.41, 5.74) is 6.60. The van der Waals surface area contributed by atoms with Crippen LogP contribution in [0.5, 0.6) is 0 Å². The van der Waals surface area contributed by atoms with Gasteiger partial charge in [-0.15, -0.1) is 0 Å². The first-order valence-electron chi connectivity index (χ1n) is 8.88. The average Bonchev–Trinajstić information content (AvgIpc) is 2.64. The molecular formula is C18H23N5O4. The fraction of sp³-hybridized carbons (Fsp3) is 0.444. The lowest BCUT2D eigenvalue weighted by Crippen LogP contribution is -2.59. The molecule has 0 aliphatic carbocycles. The lowest BCUT2D eigenvalue weighted by Gasteiger charge is -2.41. The Morgan fingerprint density at radius 1 is 1.07 bits per heavy atom. The molecule has 27 heavy (non-hydrogen) atoms. The minimum atomic E-state index is -0.857. The number of carboxylic acid groups (broad SMARTS) is 1. The highest BCUT2D eigenvalue weighted by Crippen LogP contribution is 2.23. The van der Waals surface area contributed by atoms with Gasteiger partial charge in [-0.1, -0.05) is 0 Å². The maximum atomic E-state index is 12.6. The number of benzene rings is 1. The van der Waals surface area contributed by atoms with Crippen LogP contribution in [-0.2, 0) is 14.4 Å². The van der Waals surface area contributed by atoms with E-state index < -0.39 is 17.8 Å². The van der Waals surface area contributed by atoms with Crippen LogP contribution in [0.15, 0.2) is 24.3 Å². The lowest BCUT2D eigenvalue weighted by atomic mass is 10.0. The van der Waals surface area contributed by atoms with Crippen LogP contribution < -0.4 is 10.6 Å². The molecule has 9 nitrogen and oxygen atoms in total. The van der Waals surface area contributed by atoms with Gasteiger partial charge in [0.1, 0.15) is 5.84 Å². The Balaban J connectivity index is 1.62. The van der Waals surface area contributed by atoms with Gasteiger partial charge in [0.15, 0.2) is 0 Å². The number of nitrogens with zero attached hydrogens (tertiary/aromatic N) is 3. The minimum Gasteiger partial charge on any atom is -0.480 e. The smallest absolute Gasteiger partial charge is 0.317 e. The van der Waals surface area contributed by atoms with Gasteiger partial charge >= 0.3 is 17.8 Å². The molecule has 144 valence electrons. The molecule has 0 spiro atoms. The van der Waals surface area contributed by atoms with E-state index in [1.54, 1.807) is 29.2 Å². The van der Waals surface area contributed by atoms with Gasteiger partial charge in [0.25, 0.3) is 0 Å². The van der Waals surface area contributed by atoms with Gasteiger partial charge in [0.2, 0.25) is 0 Å². The number of aliphatic carboxylic acids is 1. The number of nitrogens with one attached hydrogen (secondary N) is 1. The van der Waals surface area contributed by atoms with E-state index in [2.05, 4.69) is 0 Å². The number of piperazine rings is 1. The molecule has 0 unspecified atom stereocenters. The molecule has 2 aliphatic rings. The highest BCUT2D eigenvalue weighted by molar-refractivity contribution is 6.41. The van der Waals surface area contributed by atoms with Crippen LogP contribution in [-0.4, -0.2) is 77.3 Å². The van der Waals surface area contributed by atoms with Gasteiger partial charge in [-0.3, -0.25) is 24.7 Å². The van der Waals surface area contributed by atoms with Crippen LogP contribution in [0.1, 0.15) is 18.4 Å². The number of nitrogens with two attached hydrogens (primary N) is 1. The number of rotatable bonds is 5. The Morgan fingerprint density at radius 2 is 1.70 bits per heavy atom. The molecule has 9 heteroatoms. The van der Waals surface area contributed by atoms with E-state index in [4.69, 9.17) is 16.2 Å². The van der Waals surface area contributed by atoms with Crippen LogP contribution in [0.2, 0.25) is 0 Å². The molecule has 2 saturated heterocycles. The number of anilines is 1. The van der Waals surface area contributed by atoms with E-state index in [1.807, 2.05) is 4.90 Å². The van der Waals surface area contributed by atoms with E-state index in [0.29, 0.717) is 50.3 Å². The van der Waals surface area contributed by atoms with Crippen molar-refractivity contribution in [3.63, 3.8) is 0 Å². The summed E-state index contributed by atoms with van der Waals surface area (Å²) >= 11 is 0. The van der Waals surface area contributed by atoms with E-state index in [1.165, 1.54) is 4.90 Å². The molecule has 3 rings (SSSR count). The fourth-order valence-corrected chi connectivity index (χ4v) is 3.65. The summed E-state index contributed by atoms with van der Waals surface area (Å²) in [5, 5.41) is 16.3. The van der Waals surface area contributed by atoms with Gasteiger partial charge in [-0.25, -0.2) is 0 Å². The standard InChI is InChI=1S/C18H23N5O4/c19-16(20)12-1-3-13(4-2-12)22-9-10-23(18(27)17(22)26)14-5-7-21(8-6-14)11-15(24)25/h1-4,14H,5-11H2,(H3,19,20)(H,24,25). The number of carboxylic acids is 1. The molecule has 0 atom stereocenters. The topological polar surface area (TPSA) is 131 Å². The number of amides is 2. The number of carbonyl (C=O) groups is 3. The Kier molecular flexibility index (Phi) is 5.41. The summed E-state index contributed by atoms with van der Waals surface area (Å²) in [6.45, 7) is 2.06. The van der Waals surface area contributed by atoms with Crippen LogP contribution >= 0.6 is 0 Å². The monoisotopic (exact) mass is 373 g/mol. The second kappa shape index (κ2) is 7.75. The fourth-order valence-electron chi connectivity index (χ4n) is 3.65. The van der Waals surface area contributed by atoms with E-state index in [0.717, 1.165) is 0 Å². The van der Waals surface area contributed by atoms with Crippen LogP contribution in [0.25, 0.3) is 0 Å². The molecule has 4 N–H and O–H groups in total. The number of carbonyl (C=O) groups excluding carboxylic acids is 2. The first-order chi connectivity index (χ1) is 12.9. The number of hydrogen-bond donors (Lipinski definition) is 3. The first-order valence-corrected chi connectivity index (χ1v) is 8.88. The van der Waals surface area contributed by atoms with Crippen LogP contribution in [0, 0.1) is 5.41 Å². The zero-order valence-electron chi connectivity index (χ0n) is 14.9. The van der Waals surface area contributed by atoms with E-state index >= 15 is 0 Å². The Bertz CT molecular complexity index is 756. The number of likely N-dealkylation sites (tertiary alicyclic amines) is 1. The van der Waals surface area contributed by atoms with Crippen LogP contribution in [0.3, 0.4) is 0 Å². The molecular weight excluding hydrogens is 350 g/mol. The molecule has 2 heterocycles. The van der Waals surface area contributed by atoms with Crippen molar-refractivity contribution < 1.29 is 19.5 Å². The Hall–Kier alpha value is -2.94. The highest BCUT2D eigenvalue weighted by Gasteiger charge is 2.38. The molecule has 1 aromatic carbocycles. The Morgan fingerprint density at radius 3 is 2.26 bits per heavy atom. The zero-order valence-corrected chi connectivity index (χ0v) is 14.9. The zero-order chi connectivity index (χ0) is 19.6.